The molecule has 3 aromatic heterocycles. The maximum atomic E-state index is 12.3. The van der Waals surface area contributed by atoms with Crippen LogP contribution in [0.4, 0.5) is 5.82 Å². The topological polar surface area (TPSA) is 89.9 Å². The van der Waals surface area contributed by atoms with Gasteiger partial charge in [-0.15, -0.1) is 0 Å². The predicted octanol–water partition coefficient (Wildman–Crippen LogP) is 3.27. The summed E-state index contributed by atoms with van der Waals surface area (Å²) < 4.78 is 6.05. The summed E-state index contributed by atoms with van der Waals surface area (Å²) in [6.45, 7) is 1.82. The molecule has 0 radical (unpaired) electrons. The van der Waals surface area contributed by atoms with Gasteiger partial charge in [0.25, 0.3) is 5.91 Å². The van der Waals surface area contributed by atoms with Crippen LogP contribution in [-0.2, 0) is 0 Å². The molecule has 8 heteroatoms. The summed E-state index contributed by atoms with van der Waals surface area (Å²) >= 11 is 3.37. The first-order chi connectivity index (χ1) is 12.1. The molecule has 3 rings (SSSR count). The molecule has 3 heterocycles. The van der Waals surface area contributed by atoms with Crippen molar-refractivity contribution in [1.29, 1.82) is 0 Å². The van der Waals surface area contributed by atoms with E-state index in [9.17, 15) is 4.79 Å². The Morgan fingerprint density at radius 3 is 2.68 bits per heavy atom. The molecule has 25 heavy (non-hydrogen) atoms. The number of anilines is 1. The largest absolute Gasteiger partial charge is 0.481 e. The number of hydrogen-bond acceptors (Lipinski definition) is 6. The van der Waals surface area contributed by atoms with Crippen molar-refractivity contribution >= 4 is 27.7 Å². The van der Waals surface area contributed by atoms with Crippen molar-refractivity contribution in [2.45, 2.75) is 6.92 Å². The number of nitrogens with one attached hydrogen (secondary N) is 1. The molecule has 126 valence electrons. The highest BCUT2D eigenvalue weighted by atomic mass is 79.9. The summed E-state index contributed by atoms with van der Waals surface area (Å²) in [6.07, 6.45) is 7.89. The van der Waals surface area contributed by atoms with E-state index >= 15 is 0 Å². The lowest BCUT2D eigenvalue weighted by Crippen LogP contribution is -2.14. The molecule has 0 aliphatic heterocycles. The van der Waals surface area contributed by atoms with Gasteiger partial charge in [0.2, 0.25) is 5.88 Å². The van der Waals surface area contributed by atoms with Crippen molar-refractivity contribution in [1.82, 2.24) is 19.9 Å². The fraction of sp³-hybridized carbons (Fsp3) is 0.118. The predicted molar refractivity (Wildman–Crippen MR) is 96.4 cm³/mol. The van der Waals surface area contributed by atoms with Crippen LogP contribution in [0.2, 0.25) is 0 Å². The number of ether oxygens (including phenoxy) is 1. The number of pyridine rings is 2. The Morgan fingerprint density at radius 2 is 2.00 bits per heavy atom. The quantitative estimate of drug-likeness (QED) is 0.723. The van der Waals surface area contributed by atoms with E-state index in [1.807, 2.05) is 13.0 Å². The number of hydrogen-bond donors (Lipinski definition) is 1. The van der Waals surface area contributed by atoms with Crippen LogP contribution in [0, 0.1) is 6.92 Å². The number of halogens is 1. The highest BCUT2D eigenvalue weighted by Gasteiger charge is 2.12. The second-order valence-electron chi connectivity index (χ2n) is 5.14. The van der Waals surface area contributed by atoms with Gasteiger partial charge in [0.15, 0.2) is 5.82 Å². The van der Waals surface area contributed by atoms with Crippen molar-refractivity contribution in [2.24, 2.45) is 0 Å². The third-order valence-electron chi connectivity index (χ3n) is 3.45. The Bertz CT molecular complexity index is 915. The molecule has 0 saturated heterocycles. The molecule has 0 aliphatic carbocycles. The lowest BCUT2D eigenvalue weighted by molar-refractivity contribution is 0.102. The van der Waals surface area contributed by atoms with E-state index < -0.39 is 0 Å². The molecule has 0 bridgehead atoms. The maximum Gasteiger partial charge on any atom is 0.257 e. The van der Waals surface area contributed by atoms with Crippen LogP contribution in [0.15, 0.2) is 47.6 Å². The fourth-order valence-corrected chi connectivity index (χ4v) is 2.55. The lowest BCUT2D eigenvalue weighted by Gasteiger charge is -2.09. The zero-order valence-corrected chi connectivity index (χ0v) is 15.1. The standard InChI is InChI=1S/C17H14BrN5O2/c1-10-6-19-4-3-12(10)16(24)23-15-9-20-14(8-21-15)13-5-11(18)7-22-17(13)25-2/h3-9H,1-2H3,(H,21,23,24). The van der Waals surface area contributed by atoms with Crippen molar-refractivity contribution in [3.63, 3.8) is 0 Å². The van der Waals surface area contributed by atoms with Gasteiger partial charge >= 0.3 is 0 Å². The molecule has 0 unspecified atom stereocenters. The van der Waals surface area contributed by atoms with E-state index in [1.54, 1.807) is 38.0 Å². The SMILES string of the molecule is COc1ncc(Br)cc1-c1cnc(NC(=O)c2ccncc2C)cn1. The molecule has 3 aromatic rings. The van der Waals surface area contributed by atoms with Crippen molar-refractivity contribution in [3.8, 4) is 17.1 Å². The molecule has 0 aliphatic rings. The minimum absolute atomic E-state index is 0.261. The highest BCUT2D eigenvalue weighted by molar-refractivity contribution is 9.10. The van der Waals surface area contributed by atoms with E-state index in [0.717, 1.165) is 10.0 Å². The van der Waals surface area contributed by atoms with Gasteiger partial charge in [-0.3, -0.25) is 14.8 Å². The van der Waals surface area contributed by atoms with Crippen molar-refractivity contribution in [2.75, 3.05) is 12.4 Å². The van der Waals surface area contributed by atoms with Crippen molar-refractivity contribution < 1.29 is 9.53 Å². The molecule has 1 amide bonds. The van der Waals surface area contributed by atoms with Crippen LogP contribution in [-0.4, -0.2) is 33.0 Å². The van der Waals surface area contributed by atoms with Crippen LogP contribution in [0.5, 0.6) is 5.88 Å². The molecule has 0 aromatic carbocycles. The number of amides is 1. The molecular weight excluding hydrogens is 386 g/mol. The van der Waals surface area contributed by atoms with Crippen LogP contribution < -0.4 is 10.1 Å². The van der Waals surface area contributed by atoms with Gasteiger partial charge in [0.05, 0.1) is 30.8 Å². The number of carbonyl (C=O) groups excluding carboxylic acids is 1. The molecule has 0 saturated carbocycles. The van der Waals surface area contributed by atoms with E-state index in [1.165, 1.54) is 6.20 Å². The minimum atomic E-state index is -0.261. The first-order valence-corrected chi connectivity index (χ1v) is 8.11. The summed E-state index contributed by atoms with van der Waals surface area (Å²) in [7, 11) is 1.54. The number of carbonyl (C=O) groups is 1. The summed E-state index contributed by atoms with van der Waals surface area (Å²) in [5.41, 5.74) is 2.62. The monoisotopic (exact) mass is 399 g/mol. The average molecular weight is 400 g/mol. The minimum Gasteiger partial charge on any atom is -0.481 e. The Morgan fingerprint density at radius 1 is 1.16 bits per heavy atom. The molecule has 0 fully saturated rings. The third kappa shape index (κ3) is 3.80. The van der Waals surface area contributed by atoms with Gasteiger partial charge < -0.3 is 10.1 Å². The summed E-state index contributed by atoms with van der Waals surface area (Å²) in [6, 6.07) is 3.50. The summed E-state index contributed by atoms with van der Waals surface area (Å²) in [4.78, 5) is 29.0. The summed E-state index contributed by atoms with van der Waals surface area (Å²) in [5, 5.41) is 2.72. The second-order valence-corrected chi connectivity index (χ2v) is 6.06. The zero-order chi connectivity index (χ0) is 17.8. The van der Waals surface area contributed by atoms with E-state index in [0.29, 0.717) is 28.5 Å². The third-order valence-corrected chi connectivity index (χ3v) is 3.88. The van der Waals surface area contributed by atoms with Gasteiger partial charge in [0, 0.05) is 28.6 Å². The molecular formula is C17H14BrN5O2. The van der Waals surface area contributed by atoms with E-state index in [2.05, 4.69) is 41.2 Å². The maximum absolute atomic E-state index is 12.3. The Hall–Kier alpha value is -2.87. The Balaban J connectivity index is 1.83. The van der Waals surface area contributed by atoms with Gasteiger partial charge in [-0.1, -0.05) is 0 Å². The van der Waals surface area contributed by atoms with E-state index in [-0.39, 0.29) is 5.91 Å². The summed E-state index contributed by atoms with van der Waals surface area (Å²) in [5.74, 6) is 0.539. The van der Waals surface area contributed by atoms with E-state index in [4.69, 9.17) is 4.74 Å². The number of aryl methyl sites for hydroxylation is 1. The number of nitrogens with zero attached hydrogens (tertiary/aromatic N) is 4. The van der Waals surface area contributed by atoms with Gasteiger partial charge in [-0.25, -0.2) is 9.97 Å². The normalized spacial score (nSPS) is 10.4. The van der Waals surface area contributed by atoms with Gasteiger partial charge in [0.1, 0.15) is 0 Å². The molecule has 1 N–H and O–H groups in total. The first-order valence-electron chi connectivity index (χ1n) is 7.32. The average Bonchev–Trinajstić information content (AvgIpc) is 2.62. The van der Waals surface area contributed by atoms with Crippen LogP contribution in [0.1, 0.15) is 15.9 Å². The molecule has 0 spiro atoms. The fourth-order valence-electron chi connectivity index (χ4n) is 2.22. The lowest BCUT2D eigenvalue weighted by atomic mass is 10.1. The molecule has 0 atom stereocenters. The smallest absolute Gasteiger partial charge is 0.257 e. The number of methoxy groups -OCH3 is 1. The Kier molecular flexibility index (Phi) is 4.99. The number of aromatic nitrogens is 4. The van der Waals surface area contributed by atoms with Crippen LogP contribution in [0.3, 0.4) is 0 Å². The highest BCUT2D eigenvalue weighted by Crippen LogP contribution is 2.28. The number of rotatable bonds is 4. The van der Waals surface area contributed by atoms with Gasteiger partial charge in [-0.2, -0.15) is 0 Å². The first kappa shape index (κ1) is 17.0. The van der Waals surface area contributed by atoms with Gasteiger partial charge in [-0.05, 0) is 40.5 Å². The van der Waals surface area contributed by atoms with Crippen LogP contribution in [0.25, 0.3) is 11.3 Å². The second kappa shape index (κ2) is 7.35. The van der Waals surface area contributed by atoms with Crippen LogP contribution >= 0.6 is 15.9 Å². The van der Waals surface area contributed by atoms with Crippen molar-refractivity contribution in [3.05, 3.63) is 58.7 Å². The Labute approximate surface area is 152 Å². The zero-order valence-electron chi connectivity index (χ0n) is 13.5. The molecule has 7 nitrogen and oxygen atoms in total.